The Hall–Kier alpha value is -2.63. The second-order valence-corrected chi connectivity index (χ2v) is 12.5. The Morgan fingerprint density at radius 2 is 1.03 bits per heavy atom. The zero-order valence-electron chi connectivity index (χ0n) is 16.2. The number of sulfone groups is 1. The van der Waals surface area contributed by atoms with Gasteiger partial charge in [-0.2, -0.15) is 16.8 Å². The summed E-state index contributed by atoms with van der Waals surface area (Å²) in [4.78, 5) is 0. The first kappa shape index (κ1) is 23.0. The van der Waals surface area contributed by atoms with Crippen molar-refractivity contribution < 1.29 is 33.6 Å². The molecule has 0 bridgehead atoms. The van der Waals surface area contributed by atoms with E-state index in [1.54, 1.807) is 36.4 Å². The molecule has 1 heterocycles. The van der Waals surface area contributed by atoms with Gasteiger partial charge in [-0.1, -0.05) is 49.6 Å². The second-order valence-electron chi connectivity index (χ2n) is 6.85. The van der Waals surface area contributed by atoms with Gasteiger partial charge in [-0.15, -0.1) is 0 Å². The van der Waals surface area contributed by atoms with Crippen molar-refractivity contribution in [3.63, 3.8) is 0 Å². The third-order valence-corrected chi connectivity index (χ3v) is 10.3. The van der Waals surface area contributed by atoms with Crippen LogP contribution in [0.3, 0.4) is 0 Å². The summed E-state index contributed by atoms with van der Waals surface area (Å²) in [6.07, 6.45) is 3.09. The van der Waals surface area contributed by atoms with E-state index in [2.05, 4.69) is 13.2 Å². The van der Waals surface area contributed by atoms with E-state index in [4.69, 9.17) is 8.37 Å². The first-order valence-corrected chi connectivity index (χ1v) is 13.7. The van der Waals surface area contributed by atoms with Crippen LogP contribution in [0.15, 0.2) is 61.7 Å². The fourth-order valence-corrected chi connectivity index (χ4v) is 10.2. The fraction of sp³-hybridized carbons (Fsp3) is 0.200. The van der Waals surface area contributed by atoms with Gasteiger partial charge in [0.15, 0.2) is 9.84 Å². The third kappa shape index (κ3) is 5.35. The molecule has 2 atom stereocenters. The van der Waals surface area contributed by atoms with Crippen LogP contribution in [0, 0.1) is 0 Å². The van der Waals surface area contributed by atoms with Crippen molar-refractivity contribution in [3.05, 3.63) is 72.8 Å². The summed E-state index contributed by atoms with van der Waals surface area (Å²) in [5, 5.41) is -3.68. The molecule has 11 heteroatoms. The van der Waals surface area contributed by atoms with Gasteiger partial charge in [0.1, 0.15) is 22.0 Å². The molecule has 166 valence electrons. The van der Waals surface area contributed by atoms with E-state index in [0.717, 1.165) is 0 Å². The molecule has 0 aromatic heterocycles. The predicted octanol–water partition coefficient (Wildman–Crippen LogP) is 2.26. The lowest BCUT2D eigenvalue weighted by molar-refractivity contribution is 0.455. The Kier molecular flexibility index (Phi) is 6.30. The van der Waals surface area contributed by atoms with Crippen LogP contribution in [0.2, 0.25) is 0 Å². The van der Waals surface area contributed by atoms with Crippen LogP contribution in [0.1, 0.15) is 11.1 Å². The topological polar surface area (TPSA) is 121 Å². The Labute approximate surface area is 182 Å². The molecule has 31 heavy (non-hydrogen) atoms. The second kappa shape index (κ2) is 8.48. The predicted molar refractivity (Wildman–Crippen MR) is 118 cm³/mol. The highest BCUT2D eigenvalue weighted by atomic mass is 32.2. The average molecular weight is 485 g/mol. The normalized spacial score (nSPS) is 20.6. The summed E-state index contributed by atoms with van der Waals surface area (Å²) < 4.78 is 85.6. The van der Waals surface area contributed by atoms with E-state index < -0.39 is 52.1 Å². The molecular formula is C20H20O8S3. The van der Waals surface area contributed by atoms with Crippen LogP contribution in [-0.4, -0.2) is 47.3 Å². The lowest BCUT2D eigenvalue weighted by atomic mass is 10.2. The molecule has 8 nitrogen and oxygen atoms in total. The van der Waals surface area contributed by atoms with E-state index in [1.165, 1.54) is 24.3 Å². The number of rotatable bonds is 8. The van der Waals surface area contributed by atoms with Crippen LogP contribution in [-0.2, 0) is 30.1 Å². The van der Waals surface area contributed by atoms with E-state index >= 15 is 0 Å². The van der Waals surface area contributed by atoms with Crippen LogP contribution in [0.25, 0.3) is 12.2 Å². The minimum atomic E-state index is -4.62. The molecule has 1 saturated heterocycles. The van der Waals surface area contributed by atoms with E-state index in [1.807, 2.05) is 0 Å². The molecule has 0 unspecified atom stereocenters. The van der Waals surface area contributed by atoms with Gasteiger partial charge >= 0.3 is 20.2 Å². The molecule has 0 aliphatic carbocycles. The van der Waals surface area contributed by atoms with Crippen molar-refractivity contribution >= 4 is 42.2 Å². The van der Waals surface area contributed by atoms with Crippen LogP contribution in [0.5, 0.6) is 11.5 Å². The SMILES string of the molecule is C=Cc1ccc(OS(=O)(=O)[C@H]2CS(=O)(=O)C[C@@H]2S(=O)(=O)Oc2ccc(C=C)cc2)cc1. The maximum atomic E-state index is 12.8. The minimum Gasteiger partial charge on any atom is -0.382 e. The molecule has 1 aliphatic rings. The van der Waals surface area contributed by atoms with Crippen molar-refractivity contribution in [1.29, 1.82) is 0 Å². The van der Waals surface area contributed by atoms with Gasteiger partial charge in [0.25, 0.3) is 0 Å². The van der Waals surface area contributed by atoms with Crippen LogP contribution in [0.4, 0.5) is 0 Å². The molecule has 1 fully saturated rings. The van der Waals surface area contributed by atoms with Gasteiger partial charge in [-0.25, -0.2) is 8.42 Å². The number of hydrogen-bond acceptors (Lipinski definition) is 8. The summed E-state index contributed by atoms with van der Waals surface area (Å²) in [7, 11) is -13.2. The average Bonchev–Trinajstić information content (AvgIpc) is 3.06. The van der Waals surface area contributed by atoms with E-state index in [-0.39, 0.29) is 11.5 Å². The summed E-state index contributed by atoms with van der Waals surface area (Å²) in [5.41, 5.74) is 1.43. The molecule has 0 spiro atoms. The summed E-state index contributed by atoms with van der Waals surface area (Å²) in [5.74, 6) is -1.93. The van der Waals surface area contributed by atoms with Gasteiger partial charge in [0.05, 0.1) is 11.5 Å². The lowest BCUT2D eigenvalue weighted by Crippen LogP contribution is -2.42. The van der Waals surface area contributed by atoms with Crippen LogP contribution < -0.4 is 8.37 Å². The fourth-order valence-electron chi connectivity index (χ4n) is 3.03. The van der Waals surface area contributed by atoms with Gasteiger partial charge in [-0.05, 0) is 35.4 Å². The van der Waals surface area contributed by atoms with Gasteiger partial charge in [0.2, 0.25) is 0 Å². The van der Waals surface area contributed by atoms with Crippen molar-refractivity contribution in [1.82, 2.24) is 0 Å². The van der Waals surface area contributed by atoms with Crippen molar-refractivity contribution in [2.45, 2.75) is 10.5 Å². The highest BCUT2D eigenvalue weighted by Gasteiger charge is 2.53. The van der Waals surface area contributed by atoms with Gasteiger partial charge in [-0.3, -0.25) is 0 Å². The smallest absolute Gasteiger partial charge is 0.314 e. The molecule has 0 radical (unpaired) electrons. The van der Waals surface area contributed by atoms with Crippen molar-refractivity contribution in [2.24, 2.45) is 0 Å². The Bertz CT molecular complexity index is 1190. The van der Waals surface area contributed by atoms with Crippen LogP contribution >= 0.6 is 0 Å². The zero-order valence-corrected chi connectivity index (χ0v) is 18.7. The maximum Gasteiger partial charge on any atom is 0.314 e. The molecule has 1 aliphatic heterocycles. The highest BCUT2D eigenvalue weighted by Crippen LogP contribution is 2.30. The first-order chi connectivity index (χ1) is 14.5. The number of hydrogen-bond donors (Lipinski definition) is 0. The summed E-state index contributed by atoms with van der Waals surface area (Å²) in [6.45, 7) is 7.17. The van der Waals surface area contributed by atoms with Gasteiger partial charge < -0.3 is 8.37 Å². The maximum absolute atomic E-state index is 12.8. The molecule has 0 N–H and O–H groups in total. The Morgan fingerprint density at radius 3 is 1.32 bits per heavy atom. The molecule has 2 aromatic rings. The van der Waals surface area contributed by atoms with Crippen molar-refractivity contribution in [3.8, 4) is 11.5 Å². The van der Waals surface area contributed by atoms with Gasteiger partial charge in [0, 0.05) is 0 Å². The van der Waals surface area contributed by atoms with E-state index in [0.29, 0.717) is 11.1 Å². The Morgan fingerprint density at radius 1 is 0.710 bits per heavy atom. The molecular weight excluding hydrogens is 464 g/mol. The standard InChI is InChI=1S/C20H20O8S3/c1-3-15-5-9-17(10-6-15)27-30(23,24)19-13-29(21,22)14-20(19)31(25,26)28-18-11-7-16(4-2)8-12-18/h3-12,19-20H,1-2,13-14H2/t19-,20-/m0/s1. The quantitative estimate of drug-likeness (QED) is 0.523. The summed E-state index contributed by atoms with van der Waals surface area (Å²) in [6, 6.07) is 11.6. The molecule has 0 amide bonds. The largest absolute Gasteiger partial charge is 0.382 e. The monoisotopic (exact) mass is 484 g/mol. The molecule has 0 saturated carbocycles. The highest BCUT2D eigenvalue weighted by molar-refractivity contribution is 7.98. The van der Waals surface area contributed by atoms with Crippen molar-refractivity contribution in [2.75, 3.05) is 11.5 Å². The minimum absolute atomic E-state index is 0.0769. The third-order valence-electron chi connectivity index (χ3n) is 4.65. The lowest BCUT2D eigenvalue weighted by Gasteiger charge is -2.19. The zero-order chi connectivity index (χ0) is 22.9. The summed E-state index contributed by atoms with van der Waals surface area (Å²) >= 11 is 0. The number of benzene rings is 2. The van der Waals surface area contributed by atoms with E-state index in [9.17, 15) is 25.3 Å². The molecule has 2 aromatic carbocycles. The molecule has 3 rings (SSSR count). The Balaban J connectivity index is 1.89. The first-order valence-electron chi connectivity index (χ1n) is 8.98.